The van der Waals surface area contributed by atoms with Crippen LogP contribution in [0.15, 0.2) is 24.3 Å². The fraction of sp³-hybridized carbons (Fsp3) is 0.529. The molecule has 1 aliphatic rings. The van der Waals surface area contributed by atoms with Gasteiger partial charge in [0.05, 0.1) is 25.4 Å². The molecule has 6 nitrogen and oxygen atoms in total. The third kappa shape index (κ3) is 4.96. The largest absolute Gasteiger partial charge is 0.494 e. The van der Waals surface area contributed by atoms with E-state index < -0.39 is 0 Å². The summed E-state index contributed by atoms with van der Waals surface area (Å²) in [7, 11) is 0. The van der Waals surface area contributed by atoms with Crippen molar-refractivity contribution >= 4 is 11.8 Å². The first-order valence-electron chi connectivity index (χ1n) is 7.94. The Morgan fingerprint density at radius 3 is 2.39 bits per heavy atom. The van der Waals surface area contributed by atoms with Gasteiger partial charge in [-0.05, 0) is 45.0 Å². The summed E-state index contributed by atoms with van der Waals surface area (Å²) in [6, 6.07) is 6.85. The Morgan fingerprint density at radius 2 is 1.83 bits per heavy atom. The lowest BCUT2D eigenvalue weighted by Gasteiger charge is -2.35. The Labute approximate surface area is 136 Å². The van der Waals surface area contributed by atoms with Crippen LogP contribution in [0.2, 0.25) is 0 Å². The van der Waals surface area contributed by atoms with Crippen LogP contribution in [0.1, 0.15) is 31.1 Å². The molecule has 0 spiro atoms. The number of rotatable bonds is 5. The topological polar surface area (TPSA) is 67.9 Å². The molecule has 2 amide bonds. The van der Waals surface area contributed by atoms with Crippen LogP contribution in [0.25, 0.3) is 0 Å². The van der Waals surface area contributed by atoms with E-state index in [1.165, 1.54) is 0 Å². The van der Waals surface area contributed by atoms with Crippen molar-refractivity contribution in [3.8, 4) is 5.75 Å². The van der Waals surface area contributed by atoms with Crippen molar-refractivity contribution in [2.24, 2.45) is 0 Å². The smallest absolute Gasteiger partial charge is 0.251 e. The van der Waals surface area contributed by atoms with Gasteiger partial charge in [0.25, 0.3) is 5.91 Å². The van der Waals surface area contributed by atoms with Gasteiger partial charge in [0.2, 0.25) is 5.91 Å². The normalized spacial score (nSPS) is 20.9. The summed E-state index contributed by atoms with van der Waals surface area (Å²) in [5.41, 5.74) is 0.505. The molecule has 2 atom stereocenters. The molecular weight excluding hydrogens is 296 g/mol. The molecule has 6 heteroatoms. The van der Waals surface area contributed by atoms with Crippen molar-refractivity contribution in [2.75, 3.05) is 26.2 Å². The number of amides is 2. The van der Waals surface area contributed by atoms with Gasteiger partial charge >= 0.3 is 0 Å². The van der Waals surface area contributed by atoms with Crippen LogP contribution >= 0.6 is 0 Å². The molecule has 1 saturated heterocycles. The van der Waals surface area contributed by atoms with E-state index in [1.54, 1.807) is 29.2 Å². The second-order valence-corrected chi connectivity index (χ2v) is 5.70. The van der Waals surface area contributed by atoms with Crippen molar-refractivity contribution in [3.05, 3.63) is 29.8 Å². The van der Waals surface area contributed by atoms with Gasteiger partial charge in [0.1, 0.15) is 5.75 Å². The van der Waals surface area contributed by atoms with E-state index in [1.807, 2.05) is 20.8 Å². The Bertz CT molecular complexity index is 534. The van der Waals surface area contributed by atoms with E-state index >= 15 is 0 Å². The predicted octanol–water partition coefficient (Wildman–Crippen LogP) is 1.45. The van der Waals surface area contributed by atoms with Gasteiger partial charge in [0.15, 0.2) is 0 Å². The molecule has 1 aromatic carbocycles. The first kappa shape index (κ1) is 17.3. The van der Waals surface area contributed by atoms with Crippen molar-refractivity contribution < 1.29 is 19.1 Å². The molecule has 23 heavy (non-hydrogen) atoms. The van der Waals surface area contributed by atoms with E-state index in [0.717, 1.165) is 5.75 Å². The number of benzene rings is 1. The van der Waals surface area contributed by atoms with Crippen LogP contribution in [-0.4, -0.2) is 55.2 Å². The number of hydrogen-bond acceptors (Lipinski definition) is 4. The number of morpholine rings is 1. The second kappa shape index (κ2) is 7.97. The highest BCUT2D eigenvalue weighted by atomic mass is 16.5. The Balaban J connectivity index is 1.84. The Kier molecular flexibility index (Phi) is 5.98. The third-order valence-electron chi connectivity index (χ3n) is 3.60. The first-order valence-corrected chi connectivity index (χ1v) is 7.94. The van der Waals surface area contributed by atoms with Crippen LogP contribution in [-0.2, 0) is 9.53 Å². The maximum atomic E-state index is 12.2. The van der Waals surface area contributed by atoms with E-state index in [2.05, 4.69) is 5.32 Å². The zero-order valence-electron chi connectivity index (χ0n) is 13.9. The van der Waals surface area contributed by atoms with Crippen molar-refractivity contribution in [1.29, 1.82) is 0 Å². The van der Waals surface area contributed by atoms with E-state index in [9.17, 15) is 9.59 Å². The number of carbonyl (C=O) groups is 2. The summed E-state index contributed by atoms with van der Waals surface area (Å²) >= 11 is 0. The van der Waals surface area contributed by atoms with Gasteiger partial charge in [-0.25, -0.2) is 0 Å². The molecule has 126 valence electrons. The number of nitrogens with zero attached hydrogens (tertiary/aromatic N) is 1. The molecular formula is C17H24N2O4. The molecule has 1 aliphatic heterocycles. The lowest BCUT2D eigenvalue weighted by atomic mass is 10.2. The fourth-order valence-corrected chi connectivity index (χ4v) is 2.62. The average molecular weight is 320 g/mol. The molecule has 1 heterocycles. The fourth-order valence-electron chi connectivity index (χ4n) is 2.62. The molecule has 1 fully saturated rings. The molecule has 2 rings (SSSR count). The summed E-state index contributed by atoms with van der Waals surface area (Å²) in [6.07, 6.45) is 0.0361. The van der Waals surface area contributed by atoms with Crippen LogP contribution < -0.4 is 10.1 Å². The minimum absolute atomic E-state index is 0.00845. The van der Waals surface area contributed by atoms with Gasteiger partial charge < -0.3 is 19.7 Å². The number of hydrogen-bond donors (Lipinski definition) is 1. The first-order chi connectivity index (χ1) is 11.0. The standard InChI is InChI=1S/C17H24N2O4/c1-4-22-15-7-5-14(6-8-15)17(21)18-9-16(20)19-10-12(2)23-13(3)11-19/h5-8,12-13H,4,9-11H2,1-3H3,(H,18,21)/t12-,13-/m0/s1. The lowest BCUT2D eigenvalue weighted by molar-refractivity contribution is -0.142. The highest BCUT2D eigenvalue weighted by Gasteiger charge is 2.25. The average Bonchev–Trinajstić information content (AvgIpc) is 2.52. The second-order valence-electron chi connectivity index (χ2n) is 5.70. The summed E-state index contributed by atoms with van der Waals surface area (Å²) in [4.78, 5) is 26.0. The monoisotopic (exact) mass is 320 g/mol. The highest BCUT2D eigenvalue weighted by molar-refractivity contribution is 5.96. The molecule has 0 bridgehead atoms. The molecule has 0 radical (unpaired) electrons. The number of carbonyl (C=O) groups excluding carboxylic acids is 2. The predicted molar refractivity (Wildman–Crippen MR) is 86.5 cm³/mol. The maximum Gasteiger partial charge on any atom is 0.251 e. The minimum Gasteiger partial charge on any atom is -0.494 e. The van der Waals surface area contributed by atoms with Crippen LogP contribution in [0.4, 0.5) is 0 Å². The quantitative estimate of drug-likeness (QED) is 0.892. The van der Waals surface area contributed by atoms with Gasteiger partial charge in [-0.1, -0.05) is 0 Å². The molecule has 0 aromatic heterocycles. The van der Waals surface area contributed by atoms with Crippen LogP contribution in [0, 0.1) is 0 Å². The molecule has 1 aromatic rings. The summed E-state index contributed by atoms with van der Waals surface area (Å²) < 4.78 is 10.9. The third-order valence-corrected chi connectivity index (χ3v) is 3.60. The molecule has 0 aliphatic carbocycles. The maximum absolute atomic E-state index is 12.2. The zero-order valence-corrected chi connectivity index (χ0v) is 13.9. The Hall–Kier alpha value is -2.08. The zero-order chi connectivity index (χ0) is 16.8. The Morgan fingerprint density at radius 1 is 1.22 bits per heavy atom. The van der Waals surface area contributed by atoms with Gasteiger partial charge in [0, 0.05) is 18.7 Å². The SMILES string of the molecule is CCOc1ccc(C(=O)NCC(=O)N2C[C@H](C)O[C@@H](C)C2)cc1. The number of nitrogens with one attached hydrogen (secondary N) is 1. The van der Waals surface area contributed by atoms with Crippen LogP contribution in [0.5, 0.6) is 5.75 Å². The highest BCUT2D eigenvalue weighted by Crippen LogP contribution is 2.12. The summed E-state index contributed by atoms with van der Waals surface area (Å²) in [5.74, 6) is 0.360. The van der Waals surface area contributed by atoms with Crippen molar-refractivity contribution in [3.63, 3.8) is 0 Å². The van der Waals surface area contributed by atoms with E-state index in [-0.39, 0.29) is 30.6 Å². The van der Waals surface area contributed by atoms with Gasteiger partial charge in [-0.3, -0.25) is 9.59 Å². The summed E-state index contributed by atoms with van der Waals surface area (Å²) in [5, 5.41) is 2.67. The molecule has 0 unspecified atom stereocenters. The minimum atomic E-state index is -0.268. The summed E-state index contributed by atoms with van der Waals surface area (Å²) in [6.45, 7) is 7.47. The van der Waals surface area contributed by atoms with E-state index in [4.69, 9.17) is 9.47 Å². The van der Waals surface area contributed by atoms with Crippen molar-refractivity contribution in [1.82, 2.24) is 10.2 Å². The van der Waals surface area contributed by atoms with Gasteiger partial charge in [-0.15, -0.1) is 0 Å². The molecule has 0 saturated carbocycles. The number of ether oxygens (including phenoxy) is 2. The lowest BCUT2D eigenvalue weighted by Crippen LogP contribution is -2.51. The van der Waals surface area contributed by atoms with E-state index in [0.29, 0.717) is 25.3 Å². The van der Waals surface area contributed by atoms with Crippen molar-refractivity contribution in [2.45, 2.75) is 33.0 Å². The molecule has 1 N–H and O–H groups in total. The van der Waals surface area contributed by atoms with Gasteiger partial charge in [-0.2, -0.15) is 0 Å². The van der Waals surface area contributed by atoms with Crippen LogP contribution in [0.3, 0.4) is 0 Å².